The van der Waals surface area contributed by atoms with Gasteiger partial charge in [-0.05, 0) is 46.7 Å². The molecule has 2 rings (SSSR count). The van der Waals surface area contributed by atoms with Gasteiger partial charge in [0.1, 0.15) is 16.5 Å². The maximum absolute atomic E-state index is 14.2. The number of aliphatic hydroxyl groups is 2. The zero-order chi connectivity index (χ0) is 19.4. The number of aromatic nitrogens is 2. The predicted octanol–water partition coefficient (Wildman–Crippen LogP) is 2.08. The number of nitrogens with zero attached hydrogens (tertiary/aromatic N) is 2. The topological polar surface area (TPSA) is 92.4 Å². The van der Waals surface area contributed by atoms with Gasteiger partial charge in [0.05, 0.1) is 12.7 Å². The molecule has 0 radical (unpaired) electrons. The first kappa shape index (κ1) is 20.9. The number of carbonyl (C=O) groups excluding carboxylic acids is 1. The number of halogens is 3. The van der Waals surface area contributed by atoms with Crippen molar-refractivity contribution in [3.8, 4) is 0 Å². The minimum Gasteiger partial charge on any atom is -0.394 e. The third-order valence-corrected chi connectivity index (χ3v) is 4.91. The Labute approximate surface area is 167 Å². The SMILES string of the molecule is Cn1nc(C(=O)CC[C@H](O)CO)c(Cc2ccc(I)cc2F)c(Cl)c1=O. The number of hydrogen-bond donors (Lipinski definition) is 2. The summed E-state index contributed by atoms with van der Waals surface area (Å²) in [7, 11) is 1.36. The summed E-state index contributed by atoms with van der Waals surface area (Å²) in [5.41, 5.74) is -0.190. The van der Waals surface area contributed by atoms with Gasteiger partial charge in [0.2, 0.25) is 0 Å². The first-order valence-corrected chi connectivity index (χ1v) is 9.22. The average Bonchev–Trinajstić information content (AvgIpc) is 2.61. The first-order chi connectivity index (χ1) is 12.2. The van der Waals surface area contributed by atoms with Crippen LogP contribution < -0.4 is 5.56 Å². The van der Waals surface area contributed by atoms with Crippen molar-refractivity contribution in [3.63, 3.8) is 0 Å². The molecule has 2 aromatic rings. The van der Waals surface area contributed by atoms with Crippen molar-refractivity contribution < 1.29 is 19.4 Å². The summed E-state index contributed by atoms with van der Waals surface area (Å²) < 4.78 is 15.8. The fourth-order valence-corrected chi connectivity index (χ4v) is 3.11. The molecule has 1 aromatic heterocycles. The van der Waals surface area contributed by atoms with Gasteiger partial charge in [-0.15, -0.1) is 0 Å². The summed E-state index contributed by atoms with van der Waals surface area (Å²) in [5.74, 6) is -0.918. The summed E-state index contributed by atoms with van der Waals surface area (Å²) in [4.78, 5) is 24.6. The number of aliphatic hydroxyl groups excluding tert-OH is 2. The van der Waals surface area contributed by atoms with Crippen molar-refractivity contribution in [3.05, 3.63) is 59.8 Å². The van der Waals surface area contributed by atoms with Crippen molar-refractivity contribution in [1.82, 2.24) is 9.78 Å². The normalized spacial score (nSPS) is 12.2. The van der Waals surface area contributed by atoms with Crippen LogP contribution >= 0.6 is 34.2 Å². The average molecular weight is 495 g/mol. The molecule has 0 aliphatic carbocycles. The highest BCUT2D eigenvalue weighted by molar-refractivity contribution is 14.1. The number of benzene rings is 1. The van der Waals surface area contributed by atoms with Crippen LogP contribution in [0.25, 0.3) is 0 Å². The van der Waals surface area contributed by atoms with E-state index in [1.54, 1.807) is 12.1 Å². The first-order valence-electron chi connectivity index (χ1n) is 7.76. The molecule has 2 N–H and O–H groups in total. The lowest BCUT2D eigenvalue weighted by molar-refractivity contribution is 0.0776. The van der Waals surface area contributed by atoms with Crippen LogP contribution in [0, 0.1) is 9.39 Å². The van der Waals surface area contributed by atoms with E-state index < -0.39 is 29.9 Å². The van der Waals surface area contributed by atoms with E-state index in [0.717, 1.165) is 4.68 Å². The van der Waals surface area contributed by atoms with Crippen molar-refractivity contribution in [2.75, 3.05) is 6.61 Å². The number of ketones is 1. The molecule has 0 aliphatic heterocycles. The number of Topliss-reactive ketones (excluding diaryl/α,β-unsaturated/α-hetero) is 1. The molecule has 0 bridgehead atoms. The maximum atomic E-state index is 14.2. The van der Waals surface area contributed by atoms with E-state index in [4.69, 9.17) is 16.7 Å². The fraction of sp³-hybridized carbons (Fsp3) is 0.353. The van der Waals surface area contributed by atoms with E-state index in [0.29, 0.717) is 3.57 Å². The van der Waals surface area contributed by atoms with Crippen LogP contribution in [0.3, 0.4) is 0 Å². The van der Waals surface area contributed by atoms with E-state index in [1.165, 1.54) is 13.1 Å². The number of aryl methyl sites for hydroxylation is 1. The van der Waals surface area contributed by atoms with E-state index in [9.17, 15) is 19.1 Å². The van der Waals surface area contributed by atoms with Gasteiger partial charge in [-0.3, -0.25) is 9.59 Å². The Kier molecular flexibility index (Phi) is 7.27. The molecule has 9 heteroatoms. The Morgan fingerprint density at radius 2 is 2.15 bits per heavy atom. The second-order valence-corrected chi connectivity index (χ2v) is 7.40. The van der Waals surface area contributed by atoms with Crippen LogP contribution in [0.15, 0.2) is 23.0 Å². The largest absolute Gasteiger partial charge is 0.394 e. The van der Waals surface area contributed by atoms with Crippen LogP contribution in [0.4, 0.5) is 4.39 Å². The van der Waals surface area contributed by atoms with Crippen LogP contribution in [0.5, 0.6) is 0 Å². The van der Waals surface area contributed by atoms with Gasteiger partial charge in [0.25, 0.3) is 5.56 Å². The summed E-state index contributed by atoms with van der Waals surface area (Å²) in [5, 5.41) is 22.1. The van der Waals surface area contributed by atoms with Crippen molar-refractivity contribution in [2.45, 2.75) is 25.4 Å². The third-order valence-electron chi connectivity index (χ3n) is 3.84. The zero-order valence-corrected chi connectivity index (χ0v) is 16.8. The molecule has 0 saturated carbocycles. The van der Waals surface area contributed by atoms with E-state index >= 15 is 0 Å². The Morgan fingerprint density at radius 1 is 1.46 bits per heavy atom. The zero-order valence-electron chi connectivity index (χ0n) is 13.9. The van der Waals surface area contributed by atoms with Gasteiger partial charge in [-0.1, -0.05) is 17.7 Å². The highest BCUT2D eigenvalue weighted by Crippen LogP contribution is 2.23. The van der Waals surface area contributed by atoms with Crippen molar-refractivity contribution in [1.29, 1.82) is 0 Å². The number of rotatable bonds is 7. The summed E-state index contributed by atoms with van der Waals surface area (Å²) in [6, 6.07) is 4.62. The summed E-state index contributed by atoms with van der Waals surface area (Å²) in [6.07, 6.45) is -1.15. The number of carbonyl (C=O) groups is 1. The van der Waals surface area contributed by atoms with Crippen molar-refractivity contribution >= 4 is 40.0 Å². The van der Waals surface area contributed by atoms with Gasteiger partial charge in [-0.2, -0.15) is 5.10 Å². The molecule has 6 nitrogen and oxygen atoms in total. The Bertz CT molecular complexity index is 888. The highest BCUT2D eigenvalue weighted by Gasteiger charge is 2.22. The third kappa shape index (κ3) is 4.87. The lowest BCUT2D eigenvalue weighted by atomic mass is 9.99. The Hall–Kier alpha value is -1.36. The smallest absolute Gasteiger partial charge is 0.285 e. The lowest BCUT2D eigenvalue weighted by Gasteiger charge is -2.13. The van der Waals surface area contributed by atoms with Crippen molar-refractivity contribution in [2.24, 2.45) is 7.05 Å². The molecular weight excluding hydrogens is 478 g/mol. The molecule has 26 heavy (non-hydrogen) atoms. The molecule has 1 aromatic carbocycles. The molecule has 0 aliphatic rings. The second kappa shape index (κ2) is 9.03. The molecular formula is C17H17ClFIN2O4. The Morgan fingerprint density at radius 3 is 2.77 bits per heavy atom. The summed E-state index contributed by atoms with van der Waals surface area (Å²) in [6.45, 7) is -0.463. The van der Waals surface area contributed by atoms with E-state index in [1.807, 2.05) is 22.6 Å². The van der Waals surface area contributed by atoms with Crippen LogP contribution in [-0.2, 0) is 13.5 Å². The standard InChI is InChI=1S/C17H17ClFIN2O4/c1-22-17(26)15(18)12(6-9-2-3-10(20)7-13(9)19)16(21-22)14(25)5-4-11(24)8-23/h2-3,7,11,23-24H,4-6,8H2,1H3/t11-/m0/s1. The van der Waals surface area contributed by atoms with Gasteiger partial charge in [0, 0.05) is 29.0 Å². The molecule has 0 fully saturated rings. The van der Waals surface area contributed by atoms with Crippen LogP contribution in [0.2, 0.25) is 5.02 Å². The van der Waals surface area contributed by atoms with Crippen LogP contribution in [0.1, 0.15) is 34.5 Å². The maximum Gasteiger partial charge on any atom is 0.285 e. The summed E-state index contributed by atoms with van der Waals surface area (Å²) >= 11 is 8.11. The molecule has 0 saturated heterocycles. The minimum absolute atomic E-state index is 0.0365. The van der Waals surface area contributed by atoms with E-state index in [-0.39, 0.29) is 41.1 Å². The fourth-order valence-electron chi connectivity index (χ4n) is 2.38. The quantitative estimate of drug-likeness (QED) is 0.454. The van der Waals surface area contributed by atoms with E-state index in [2.05, 4.69) is 5.10 Å². The van der Waals surface area contributed by atoms with Gasteiger partial charge in [0.15, 0.2) is 5.78 Å². The van der Waals surface area contributed by atoms with Gasteiger partial charge in [-0.25, -0.2) is 9.07 Å². The molecule has 1 atom stereocenters. The molecule has 0 unspecified atom stereocenters. The Balaban J connectivity index is 2.44. The number of hydrogen-bond acceptors (Lipinski definition) is 5. The highest BCUT2D eigenvalue weighted by atomic mass is 127. The lowest BCUT2D eigenvalue weighted by Crippen LogP contribution is -2.26. The second-order valence-electron chi connectivity index (χ2n) is 5.78. The predicted molar refractivity (Wildman–Crippen MR) is 103 cm³/mol. The molecule has 0 amide bonds. The molecule has 0 spiro atoms. The van der Waals surface area contributed by atoms with Crippen LogP contribution in [-0.4, -0.2) is 38.5 Å². The van der Waals surface area contributed by atoms with Gasteiger partial charge >= 0.3 is 0 Å². The monoisotopic (exact) mass is 494 g/mol. The molecule has 140 valence electrons. The molecule has 1 heterocycles. The van der Waals surface area contributed by atoms with Gasteiger partial charge < -0.3 is 10.2 Å². The minimum atomic E-state index is -1.03.